The first-order chi connectivity index (χ1) is 16.6. The molecule has 2 N–H and O–H groups in total. The second-order valence-corrected chi connectivity index (χ2v) is 15.8. The molecule has 4 heteroatoms. The Labute approximate surface area is 220 Å². The van der Waals surface area contributed by atoms with Crippen LogP contribution in [0.3, 0.4) is 0 Å². The number of esters is 1. The van der Waals surface area contributed by atoms with Crippen LogP contribution in [0.4, 0.5) is 0 Å². The highest BCUT2D eigenvalue weighted by Gasteiger charge is 2.82. The van der Waals surface area contributed by atoms with Crippen molar-refractivity contribution in [2.45, 2.75) is 144 Å². The van der Waals surface area contributed by atoms with Crippen LogP contribution in [-0.2, 0) is 9.53 Å². The summed E-state index contributed by atoms with van der Waals surface area (Å²) in [4.78, 5) is 11.7. The Bertz CT molecular complexity index is 889. The highest BCUT2D eigenvalue weighted by Crippen LogP contribution is 2.89. The number of rotatable bonds is 6. The summed E-state index contributed by atoms with van der Waals surface area (Å²) < 4.78 is 5.54. The molecule has 0 aromatic rings. The third-order valence-corrected chi connectivity index (χ3v) is 13.8. The average molecular weight is 503 g/mol. The molecule has 5 saturated carbocycles. The first-order valence-electron chi connectivity index (χ1n) is 15.1. The Hall–Kier alpha value is -0.610. The van der Waals surface area contributed by atoms with Gasteiger partial charge < -0.3 is 14.9 Å². The fourth-order valence-corrected chi connectivity index (χ4v) is 11.7. The molecule has 5 aliphatic rings. The number of carbonyl (C=O) groups excluding carboxylic acids is 1. The molecule has 5 aliphatic carbocycles. The molecule has 0 aromatic carbocycles. The SMILES string of the molecule is CC(=O)O[C@H](CC[C@@H](C)[C@H]1CC[C@@]2(C)[C@@H]3CC[C@@H]4C(C)(C)[C@@H](O)CC[C@@]45C[C@@]35CC[C@]12C)C(C)(C)O. The zero-order valence-corrected chi connectivity index (χ0v) is 24.5. The summed E-state index contributed by atoms with van der Waals surface area (Å²) in [5.74, 6) is 2.46. The normalized spacial score (nSPS) is 48.6. The number of hydrogen-bond acceptors (Lipinski definition) is 4. The van der Waals surface area contributed by atoms with Gasteiger partial charge in [-0.2, -0.15) is 0 Å². The molecule has 0 saturated heterocycles. The van der Waals surface area contributed by atoms with Crippen molar-refractivity contribution < 1.29 is 19.7 Å². The van der Waals surface area contributed by atoms with Gasteiger partial charge in [0.1, 0.15) is 6.10 Å². The fraction of sp³-hybridized carbons (Fsp3) is 0.969. The Kier molecular flexibility index (Phi) is 6.14. The summed E-state index contributed by atoms with van der Waals surface area (Å²) in [6.07, 6.45) is 12.8. The lowest BCUT2D eigenvalue weighted by atomic mass is 9.41. The maximum Gasteiger partial charge on any atom is 0.303 e. The summed E-state index contributed by atoms with van der Waals surface area (Å²) in [6.45, 7) is 17.4. The molecule has 0 amide bonds. The molecular weight excluding hydrogens is 448 g/mol. The van der Waals surface area contributed by atoms with Crippen LogP contribution in [-0.4, -0.2) is 34.0 Å². The summed E-state index contributed by atoms with van der Waals surface area (Å²) in [6, 6.07) is 0. The van der Waals surface area contributed by atoms with Crippen LogP contribution in [0.1, 0.15) is 126 Å². The second kappa shape index (κ2) is 8.20. The maximum atomic E-state index is 11.7. The van der Waals surface area contributed by atoms with Crippen LogP contribution in [0.5, 0.6) is 0 Å². The minimum atomic E-state index is -1.02. The fourth-order valence-electron chi connectivity index (χ4n) is 11.7. The zero-order valence-electron chi connectivity index (χ0n) is 24.5. The van der Waals surface area contributed by atoms with Gasteiger partial charge in [0.05, 0.1) is 11.7 Å². The van der Waals surface area contributed by atoms with Gasteiger partial charge in [0.25, 0.3) is 0 Å². The summed E-state index contributed by atoms with van der Waals surface area (Å²) in [5, 5.41) is 21.5. The predicted octanol–water partition coefficient (Wildman–Crippen LogP) is 6.91. The minimum Gasteiger partial charge on any atom is -0.460 e. The second-order valence-electron chi connectivity index (χ2n) is 15.8. The van der Waals surface area contributed by atoms with E-state index in [9.17, 15) is 15.0 Å². The first-order valence-corrected chi connectivity index (χ1v) is 15.1. The van der Waals surface area contributed by atoms with Crippen molar-refractivity contribution in [2.75, 3.05) is 0 Å². The van der Waals surface area contributed by atoms with Crippen LogP contribution in [0, 0.1) is 50.7 Å². The molecule has 10 atom stereocenters. The molecule has 0 heterocycles. The first kappa shape index (κ1) is 27.0. The number of aliphatic hydroxyl groups is 2. The van der Waals surface area contributed by atoms with Crippen LogP contribution in [0.2, 0.25) is 0 Å². The number of ether oxygens (including phenoxy) is 1. The highest BCUT2D eigenvalue weighted by molar-refractivity contribution is 5.66. The van der Waals surface area contributed by atoms with Crippen LogP contribution in [0.15, 0.2) is 0 Å². The molecular formula is C32H54O4. The predicted molar refractivity (Wildman–Crippen MR) is 143 cm³/mol. The quantitative estimate of drug-likeness (QED) is 0.388. The molecule has 2 spiro atoms. The Balaban J connectivity index is 1.34. The molecule has 4 nitrogen and oxygen atoms in total. The van der Waals surface area contributed by atoms with Gasteiger partial charge in [0.2, 0.25) is 0 Å². The Morgan fingerprint density at radius 3 is 2.19 bits per heavy atom. The zero-order chi connectivity index (χ0) is 26.5. The minimum absolute atomic E-state index is 0.0556. The van der Waals surface area contributed by atoms with Crippen molar-refractivity contribution in [3.63, 3.8) is 0 Å². The summed E-state index contributed by atoms with van der Waals surface area (Å²) >= 11 is 0. The maximum absolute atomic E-state index is 11.7. The van der Waals surface area contributed by atoms with Crippen molar-refractivity contribution in [3.8, 4) is 0 Å². The van der Waals surface area contributed by atoms with E-state index in [1.807, 2.05) is 0 Å². The van der Waals surface area contributed by atoms with Crippen molar-refractivity contribution in [3.05, 3.63) is 0 Å². The standard InChI is InChI=1S/C32H54O4/c1-20(9-12-26(28(5,6)35)36-21(2)33)22-13-15-30(8)24-11-10-23-27(3,4)25(34)14-16-31(23)19-32(24,31)18-17-29(22,30)7/h20,22-26,34-35H,9-19H2,1-8H3/t20-,22-,23-,24+,25+,26-,29-,30+,31-,32+/m1/s1. The molecule has 5 fully saturated rings. The van der Waals surface area contributed by atoms with Gasteiger partial charge in [0.15, 0.2) is 0 Å². The van der Waals surface area contributed by atoms with Crippen LogP contribution >= 0.6 is 0 Å². The summed E-state index contributed by atoms with van der Waals surface area (Å²) in [5.41, 5.74) is 0.813. The Morgan fingerprint density at radius 2 is 1.56 bits per heavy atom. The smallest absolute Gasteiger partial charge is 0.303 e. The van der Waals surface area contributed by atoms with Gasteiger partial charge in [-0.3, -0.25) is 4.79 Å². The van der Waals surface area contributed by atoms with Crippen molar-refractivity contribution in [1.82, 2.24) is 0 Å². The number of carbonyl (C=O) groups is 1. The number of fused-ring (bicyclic) bond motifs is 2. The average Bonchev–Trinajstić information content (AvgIpc) is 3.35. The van der Waals surface area contributed by atoms with Crippen molar-refractivity contribution >= 4 is 5.97 Å². The number of aliphatic hydroxyl groups excluding tert-OH is 1. The topological polar surface area (TPSA) is 66.8 Å². The Morgan fingerprint density at radius 1 is 0.917 bits per heavy atom. The lowest BCUT2D eigenvalue weighted by molar-refractivity contribution is -0.164. The van der Waals surface area contributed by atoms with E-state index in [1.165, 1.54) is 58.3 Å². The van der Waals surface area contributed by atoms with Crippen molar-refractivity contribution in [1.29, 1.82) is 0 Å². The van der Waals surface area contributed by atoms with Gasteiger partial charge in [0, 0.05) is 6.92 Å². The van der Waals surface area contributed by atoms with Crippen molar-refractivity contribution in [2.24, 2.45) is 50.7 Å². The van der Waals surface area contributed by atoms with Gasteiger partial charge >= 0.3 is 5.97 Å². The van der Waals surface area contributed by atoms with E-state index >= 15 is 0 Å². The van der Waals surface area contributed by atoms with E-state index in [0.29, 0.717) is 39.4 Å². The number of hydrogen-bond donors (Lipinski definition) is 2. The van der Waals surface area contributed by atoms with Crippen LogP contribution < -0.4 is 0 Å². The third kappa shape index (κ3) is 3.48. The lowest BCUT2D eigenvalue weighted by Crippen LogP contribution is -2.57. The van der Waals surface area contributed by atoms with Crippen LogP contribution in [0.25, 0.3) is 0 Å². The molecule has 0 aliphatic heterocycles. The lowest BCUT2D eigenvalue weighted by Gasteiger charge is -2.63. The highest BCUT2D eigenvalue weighted by atomic mass is 16.6. The molecule has 36 heavy (non-hydrogen) atoms. The molecule has 0 aromatic heterocycles. The van der Waals surface area contributed by atoms with E-state index in [1.54, 1.807) is 13.8 Å². The van der Waals surface area contributed by atoms with Gasteiger partial charge in [-0.25, -0.2) is 0 Å². The molecule has 0 unspecified atom stereocenters. The van der Waals surface area contributed by atoms with E-state index < -0.39 is 11.7 Å². The largest absolute Gasteiger partial charge is 0.460 e. The monoisotopic (exact) mass is 502 g/mol. The van der Waals surface area contributed by atoms with Gasteiger partial charge in [-0.05, 0) is 135 Å². The molecule has 0 radical (unpaired) electrons. The van der Waals surface area contributed by atoms with E-state index in [0.717, 1.165) is 25.2 Å². The molecule has 206 valence electrons. The third-order valence-electron chi connectivity index (χ3n) is 13.8. The van der Waals surface area contributed by atoms with E-state index in [-0.39, 0.29) is 17.5 Å². The van der Waals surface area contributed by atoms with E-state index in [4.69, 9.17) is 4.74 Å². The molecule has 5 rings (SSSR count). The van der Waals surface area contributed by atoms with Gasteiger partial charge in [-0.1, -0.05) is 34.6 Å². The van der Waals surface area contributed by atoms with Gasteiger partial charge in [-0.15, -0.1) is 0 Å². The summed E-state index contributed by atoms with van der Waals surface area (Å²) in [7, 11) is 0. The molecule has 0 bridgehead atoms. The van der Waals surface area contributed by atoms with E-state index in [2.05, 4.69) is 34.6 Å².